The first kappa shape index (κ1) is 18.9. The van der Waals surface area contributed by atoms with Gasteiger partial charge in [0.1, 0.15) is 12.3 Å². The number of hydrogen-bond acceptors (Lipinski definition) is 4. The maximum atomic E-state index is 10.6. The van der Waals surface area contributed by atoms with E-state index in [4.69, 9.17) is 16.0 Å². The van der Waals surface area contributed by atoms with Gasteiger partial charge in [-0.15, -0.1) is 0 Å². The van der Waals surface area contributed by atoms with E-state index in [2.05, 4.69) is 10.6 Å². The average molecular weight is 387 g/mol. The van der Waals surface area contributed by atoms with E-state index in [-0.39, 0.29) is 5.69 Å². The Morgan fingerprint density at radius 2 is 1.93 bits per heavy atom. The smallest absolute Gasteiger partial charge is 0.269 e. The number of anilines is 1. The highest BCUT2D eigenvalue weighted by molar-refractivity contribution is 6.31. The van der Waals surface area contributed by atoms with Gasteiger partial charge >= 0.3 is 0 Å². The molecule has 6 nitrogen and oxygen atoms in total. The minimum absolute atomic E-state index is 0.0932. The van der Waals surface area contributed by atoms with Gasteiger partial charge in [-0.25, -0.2) is 0 Å². The summed E-state index contributed by atoms with van der Waals surface area (Å²) in [6, 6.07) is 16.2. The lowest BCUT2D eigenvalue weighted by atomic mass is 10.1. The van der Waals surface area contributed by atoms with Crippen LogP contribution in [0.1, 0.15) is 11.3 Å². The summed E-state index contributed by atoms with van der Waals surface area (Å²) in [5.41, 5.74) is 2.98. The first-order valence-electron chi connectivity index (χ1n) is 8.69. The first-order chi connectivity index (χ1) is 13.0. The van der Waals surface area contributed by atoms with E-state index in [9.17, 15) is 10.1 Å². The molecule has 27 heavy (non-hydrogen) atoms. The highest BCUT2D eigenvalue weighted by Crippen LogP contribution is 2.29. The molecule has 0 saturated heterocycles. The molecule has 0 unspecified atom stereocenters. The number of nitrogens with one attached hydrogen (secondary N) is 1. The first-order valence-corrected chi connectivity index (χ1v) is 9.06. The molecule has 0 aliphatic rings. The van der Waals surface area contributed by atoms with Gasteiger partial charge in [0.25, 0.3) is 5.69 Å². The summed E-state index contributed by atoms with van der Waals surface area (Å²) in [6.45, 7) is 4.32. The van der Waals surface area contributed by atoms with Crippen molar-refractivity contribution in [3.63, 3.8) is 0 Å². The van der Waals surface area contributed by atoms with Crippen LogP contribution in [0.3, 0.4) is 0 Å². The summed E-state index contributed by atoms with van der Waals surface area (Å²) in [7, 11) is 0. The van der Waals surface area contributed by atoms with E-state index < -0.39 is 4.92 Å². The average Bonchev–Trinajstić information content (AvgIpc) is 3.13. The Balaban J connectivity index is 1.45. The number of halogens is 1. The number of benzene rings is 2. The highest BCUT2D eigenvalue weighted by Gasteiger charge is 2.10. The minimum Gasteiger partial charge on any atom is -0.455 e. The monoisotopic (exact) mass is 386 g/mol. The fraction of sp³-hybridized carbons (Fsp3) is 0.200. The fourth-order valence-corrected chi connectivity index (χ4v) is 2.95. The molecule has 1 aromatic heterocycles. The predicted octanol–water partition coefficient (Wildman–Crippen LogP) is 3.99. The van der Waals surface area contributed by atoms with Crippen LogP contribution in [0.25, 0.3) is 11.3 Å². The van der Waals surface area contributed by atoms with E-state index in [1.807, 2.05) is 37.3 Å². The Hall–Kier alpha value is -2.83. The lowest BCUT2D eigenvalue weighted by Gasteiger charge is -2.05. The number of nitrogens with zero attached hydrogens (tertiary/aromatic N) is 1. The molecule has 0 aliphatic heterocycles. The zero-order valence-electron chi connectivity index (χ0n) is 14.9. The molecule has 0 fully saturated rings. The molecule has 2 aromatic carbocycles. The molecule has 0 atom stereocenters. The van der Waals surface area contributed by atoms with E-state index in [1.54, 1.807) is 12.1 Å². The van der Waals surface area contributed by atoms with Crippen molar-refractivity contribution in [2.75, 3.05) is 18.4 Å². The topological polar surface area (TPSA) is 84.9 Å². The van der Waals surface area contributed by atoms with Gasteiger partial charge in [0, 0.05) is 28.4 Å². The van der Waals surface area contributed by atoms with Crippen LogP contribution in [0.2, 0.25) is 5.02 Å². The number of quaternary nitrogens is 1. The largest absolute Gasteiger partial charge is 0.455 e. The van der Waals surface area contributed by atoms with Crippen molar-refractivity contribution in [2.24, 2.45) is 0 Å². The molecule has 3 N–H and O–H groups in total. The van der Waals surface area contributed by atoms with E-state index in [0.717, 1.165) is 53.0 Å². The fourth-order valence-electron chi connectivity index (χ4n) is 2.77. The van der Waals surface area contributed by atoms with Crippen LogP contribution in [0.15, 0.2) is 59.0 Å². The molecule has 0 bridgehead atoms. The van der Waals surface area contributed by atoms with Crippen molar-refractivity contribution in [3.8, 4) is 11.3 Å². The summed E-state index contributed by atoms with van der Waals surface area (Å²) in [6.07, 6.45) is 0. The number of non-ortho nitro benzene ring substituents is 1. The zero-order valence-corrected chi connectivity index (χ0v) is 15.7. The highest BCUT2D eigenvalue weighted by atomic mass is 35.5. The SMILES string of the molecule is Cc1c(Cl)cccc1-c1ccc(C[NH2+]CCNc2ccc([N+](=O)[O-])cc2)o1. The van der Waals surface area contributed by atoms with Crippen LogP contribution >= 0.6 is 11.6 Å². The summed E-state index contributed by atoms with van der Waals surface area (Å²) >= 11 is 6.18. The van der Waals surface area contributed by atoms with Crippen molar-refractivity contribution in [3.05, 3.63) is 81.1 Å². The molecular weight excluding hydrogens is 366 g/mol. The van der Waals surface area contributed by atoms with Gasteiger partial charge in [0.05, 0.1) is 18.0 Å². The minimum atomic E-state index is -0.403. The normalized spacial score (nSPS) is 10.7. The molecule has 1 heterocycles. The Bertz CT molecular complexity index is 922. The molecule has 140 valence electrons. The van der Waals surface area contributed by atoms with Gasteiger partial charge in [0.2, 0.25) is 0 Å². The Morgan fingerprint density at radius 1 is 1.15 bits per heavy atom. The number of rotatable bonds is 8. The second-order valence-corrected chi connectivity index (χ2v) is 6.60. The third kappa shape index (κ3) is 4.87. The number of furan rings is 1. The van der Waals surface area contributed by atoms with Crippen LogP contribution in [-0.2, 0) is 6.54 Å². The number of nitro groups is 1. The summed E-state index contributed by atoms with van der Waals surface area (Å²) in [4.78, 5) is 10.2. The summed E-state index contributed by atoms with van der Waals surface area (Å²) < 4.78 is 5.93. The standard InChI is InChI=1S/C20H20ClN3O3/c1-14-18(3-2-4-19(14)21)20-10-9-17(27-20)13-22-11-12-23-15-5-7-16(8-6-15)24(25)26/h2-10,22-23H,11-13H2,1H3/p+1. The molecular formula is C20H21ClN3O3+. The van der Waals surface area contributed by atoms with Crippen LogP contribution in [0.4, 0.5) is 11.4 Å². The van der Waals surface area contributed by atoms with Gasteiger partial charge in [-0.1, -0.05) is 23.7 Å². The molecule has 0 amide bonds. The molecule has 3 rings (SSSR count). The van der Waals surface area contributed by atoms with Crippen molar-refractivity contribution in [1.29, 1.82) is 0 Å². The third-order valence-corrected chi connectivity index (χ3v) is 4.71. The van der Waals surface area contributed by atoms with Crippen LogP contribution in [0, 0.1) is 17.0 Å². The van der Waals surface area contributed by atoms with E-state index in [0.29, 0.717) is 0 Å². The van der Waals surface area contributed by atoms with Crippen molar-refractivity contribution >= 4 is 23.0 Å². The maximum absolute atomic E-state index is 10.6. The second-order valence-electron chi connectivity index (χ2n) is 6.19. The number of nitrogens with two attached hydrogens (primary N) is 1. The Labute approximate surface area is 162 Å². The van der Waals surface area contributed by atoms with Gasteiger partial charge in [0.15, 0.2) is 5.76 Å². The van der Waals surface area contributed by atoms with Gasteiger partial charge in [-0.2, -0.15) is 0 Å². The Morgan fingerprint density at radius 3 is 2.67 bits per heavy atom. The van der Waals surface area contributed by atoms with Crippen molar-refractivity contribution < 1.29 is 14.7 Å². The number of hydrogen-bond donors (Lipinski definition) is 2. The Kier molecular flexibility index (Phi) is 6.11. The van der Waals surface area contributed by atoms with Crippen LogP contribution in [-0.4, -0.2) is 18.0 Å². The summed E-state index contributed by atoms with van der Waals surface area (Å²) in [5.74, 6) is 1.72. The van der Waals surface area contributed by atoms with Crippen molar-refractivity contribution in [2.45, 2.75) is 13.5 Å². The van der Waals surface area contributed by atoms with E-state index in [1.165, 1.54) is 12.1 Å². The molecule has 0 spiro atoms. The van der Waals surface area contributed by atoms with Crippen LogP contribution in [0.5, 0.6) is 0 Å². The lowest BCUT2D eigenvalue weighted by molar-refractivity contribution is -0.669. The third-order valence-electron chi connectivity index (χ3n) is 4.30. The molecule has 0 radical (unpaired) electrons. The maximum Gasteiger partial charge on any atom is 0.269 e. The molecule has 3 aromatic rings. The summed E-state index contributed by atoms with van der Waals surface area (Å²) in [5, 5.41) is 16.8. The van der Waals surface area contributed by atoms with Gasteiger partial charge in [-0.3, -0.25) is 10.1 Å². The zero-order chi connectivity index (χ0) is 19.2. The van der Waals surface area contributed by atoms with Crippen LogP contribution < -0.4 is 10.6 Å². The molecule has 7 heteroatoms. The molecule has 0 saturated carbocycles. The quantitative estimate of drug-likeness (QED) is 0.348. The lowest BCUT2D eigenvalue weighted by Crippen LogP contribution is -2.83. The predicted molar refractivity (Wildman–Crippen MR) is 106 cm³/mol. The van der Waals surface area contributed by atoms with Gasteiger partial charge < -0.3 is 15.1 Å². The van der Waals surface area contributed by atoms with Gasteiger partial charge in [-0.05, 0) is 42.8 Å². The second kappa shape index (κ2) is 8.70. The molecule has 0 aliphatic carbocycles. The number of nitro benzene ring substituents is 1. The van der Waals surface area contributed by atoms with Crippen molar-refractivity contribution in [1.82, 2.24) is 0 Å². The van der Waals surface area contributed by atoms with E-state index >= 15 is 0 Å².